The number of nitrogens with zero attached hydrogens (tertiary/aromatic N) is 1. The van der Waals surface area contributed by atoms with E-state index in [2.05, 4.69) is 21.2 Å². The van der Waals surface area contributed by atoms with Crippen molar-refractivity contribution >= 4 is 39.1 Å². The number of carbonyl (C=O) groups excluding carboxylic acids is 3. The Labute approximate surface area is 217 Å². The molecule has 1 heterocycles. The molecule has 1 spiro atoms. The van der Waals surface area contributed by atoms with Crippen LogP contribution < -0.4 is 5.32 Å². The first-order valence-electron chi connectivity index (χ1n) is 12.2. The molecule has 184 valence electrons. The van der Waals surface area contributed by atoms with Crippen LogP contribution in [0, 0.1) is 5.82 Å². The fraction of sp³-hybridized carbons (Fsp3) is 0.276. The first kappa shape index (κ1) is 24.4. The molecule has 0 bridgehead atoms. The second-order valence-corrected chi connectivity index (χ2v) is 10.2. The summed E-state index contributed by atoms with van der Waals surface area (Å²) >= 11 is 3.52. The van der Waals surface area contributed by atoms with Crippen molar-refractivity contribution in [2.45, 2.75) is 49.7 Å². The van der Waals surface area contributed by atoms with Gasteiger partial charge in [-0.2, -0.15) is 0 Å². The number of rotatable bonds is 5. The predicted molar refractivity (Wildman–Crippen MR) is 139 cm³/mol. The molecular weight excluding hydrogens is 523 g/mol. The summed E-state index contributed by atoms with van der Waals surface area (Å²) in [5, 5.41) is 3.15. The number of carbonyl (C=O) groups is 3. The van der Waals surface area contributed by atoms with Crippen molar-refractivity contribution in [2.75, 3.05) is 0 Å². The second kappa shape index (κ2) is 9.97. The van der Waals surface area contributed by atoms with E-state index in [0.717, 1.165) is 37.7 Å². The molecule has 36 heavy (non-hydrogen) atoms. The van der Waals surface area contributed by atoms with Crippen LogP contribution in [0.2, 0.25) is 0 Å². The topological polar surface area (TPSA) is 66.5 Å². The molecule has 7 heteroatoms. The average molecular weight is 549 g/mol. The van der Waals surface area contributed by atoms with Gasteiger partial charge in [-0.3, -0.25) is 14.4 Å². The Bertz CT molecular complexity index is 1260. The largest absolute Gasteiger partial charge is 0.351 e. The summed E-state index contributed by atoms with van der Waals surface area (Å²) in [6, 6.07) is 14.0. The van der Waals surface area contributed by atoms with Gasteiger partial charge < -0.3 is 10.2 Å². The molecule has 1 aliphatic heterocycles. The van der Waals surface area contributed by atoms with E-state index in [0.29, 0.717) is 15.6 Å². The Hall–Kier alpha value is -3.32. The zero-order valence-electron chi connectivity index (χ0n) is 19.6. The van der Waals surface area contributed by atoms with Crippen molar-refractivity contribution in [1.82, 2.24) is 10.2 Å². The van der Waals surface area contributed by atoms with E-state index in [1.54, 1.807) is 12.2 Å². The molecule has 2 aromatic rings. The highest BCUT2D eigenvalue weighted by molar-refractivity contribution is 9.12. The van der Waals surface area contributed by atoms with Crippen molar-refractivity contribution in [3.8, 4) is 0 Å². The monoisotopic (exact) mass is 548 g/mol. The third-order valence-electron chi connectivity index (χ3n) is 7.13. The summed E-state index contributed by atoms with van der Waals surface area (Å²) in [5.74, 6) is -1.34. The van der Waals surface area contributed by atoms with Crippen LogP contribution in [-0.4, -0.2) is 34.1 Å². The summed E-state index contributed by atoms with van der Waals surface area (Å²) in [5.41, 5.74) is 0.736. The molecular formula is C29H26BrFN2O3. The van der Waals surface area contributed by atoms with E-state index in [9.17, 15) is 18.8 Å². The molecule has 0 aromatic heterocycles. The zero-order chi connectivity index (χ0) is 25.3. The Morgan fingerprint density at radius 2 is 1.61 bits per heavy atom. The molecule has 1 saturated carbocycles. The maximum Gasteiger partial charge on any atom is 0.263 e. The number of hydrogen-bond acceptors (Lipinski definition) is 3. The quantitative estimate of drug-likeness (QED) is 0.544. The van der Waals surface area contributed by atoms with Crippen LogP contribution in [0.5, 0.6) is 0 Å². The number of allylic oxidation sites excluding steroid dienone is 2. The van der Waals surface area contributed by atoms with E-state index in [-0.39, 0.29) is 23.6 Å². The van der Waals surface area contributed by atoms with Gasteiger partial charge in [0.1, 0.15) is 17.4 Å². The lowest BCUT2D eigenvalue weighted by atomic mass is 9.81. The summed E-state index contributed by atoms with van der Waals surface area (Å²) in [6.07, 6.45) is 11.2. The number of ketones is 1. The van der Waals surface area contributed by atoms with Crippen LogP contribution >= 0.6 is 15.9 Å². The standard InChI is InChI=1S/C29H26BrFN2O3/c30-25-24(19-7-3-1-4-8-19)29(17-15-23(34)16-18-29)33(28(25)36)26(20-11-13-21(31)14-12-20)27(35)32-22-9-5-2-6-10-22/h1,3-4,7-8,11-18,22,26H,2,5-6,9-10H2,(H,32,35). The van der Waals surface area contributed by atoms with E-state index in [1.165, 1.54) is 41.3 Å². The maximum atomic E-state index is 13.9. The van der Waals surface area contributed by atoms with Crippen molar-refractivity contribution in [3.63, 3.8) is 0 Å². The fourth-order valence-corrected chi connectivity index (χ4v) is 6.15. The highest BCUT2D eigenvalue weighted by Crippen LogP contribution is 2.50. The number of amides is 2. The third kappa shape index (κ3) is 4.37. The van der Waals surface area contributed by atoms with Gasteiger partial charge in [-0.25, -0.2) is 4.39 Å². The SMILES string of the molecule is O=C1C=CC2(C=C1)C(c1ccccc1)=C(Br)C(=O)N2C(C(=O)NC1CCCCC1)c1ccc(F)cc1. The van der Waals surface area contributed by atoms with Crippen LogP contribution in [0.15, 0.2) is 83.4 Å². The highest BCUT2D eigenvalue weighted by atomic mass is 79.9. The number of nitrogens with one attached hydrogen (secondary N) is 1. The normalized spacial score (nSPS) is 20.3. The molecule has 0 radical (unpaired) electrons. The molecule has 1 N–H and O–H groups in total. The number of benzene rings is 2. The zero-order valence-corrected chi connectivity index (χ0v) is 21.2. The Morgan fingerprint density at radius 3 is 2.25 bits per heavy atom. The number of halogens is 2. The molecule has 2 aromatic carbocycles. The molecule has 2 amide bonds. The summed E-state index contributed by atoms with van der Waals surface area (Å²) < 4.78 is 14.2. The number of hydrogen-bond donors (Lipinski definition) is 1. The summed E-state index contributed by atoms with van der Waals surface area (Å²) in [7, 11) is 0. The van der Waals surface area contributed by atoms with Crippen LogP contribution in [-0.2, 0) is 14.4 Å². The van der Waals surface area contributed by atoms with Crippen LogP contribution in [0.25, 0.3) is 5.57 Å². The average Bonchev–Trinajstić information content (AvgIpc) is 3.10. The molecule has 3 aliphatic rings. The van der Waals surface area contributed by atoms with Gasteiger partial charge in [-0.05, 0) is 76.3 Å². The smallest absolute Gasteiger partial charge is 0.263 e. The van der Waals surface area contributed by atoms with E-state index < -0.39 is 17.4 Å². The van der Waals surface area contributed by atoms with Gasteiger partial charge in [0.25, 0.3) is 5.91 Å². The van der Waals surface area contributed by atoms with Crippen LogP contribution in [0.3, 0.4) is 0 Å². The minimum atomic E-state index is -1.19. The van der Waals surface area contributed by atoms with E-state index >= 15 is 0 Å². The lowest BCUT2D eigenvalue weighted by Crippen LogP contribution is -2.53. The molecule has 5 nitrogen and oxygen atoms in total. The molecule has 1 atom stereocenters. The van der Waals surface area contributed by atoms with Crippen molar-refractivity contribution in [3.05, 3.63) is 100 Å². The van der Waals surface area contributed by atoms with Gasteiger partial charge in [0, 0.05) is 11.6 Å². The maximum absolute atomic E-state index is 13.9. The Balaban J connectivity index is 1.65. The molecule has 0 saturated heterocycles. The van der Waals surface area contributed by atoms with Crippen molar-refractivity contribution in [2.24, 2.45) is 0 Å². The van der Waals surface area contributed by atoms with Crippen molar-refractivity contribution < 1.29 is 18.8 Å². The van der Waals surface area contributed by atoms with Crippen LogP contribution in [0.1, 0.15) is 49.3 Å². The van der Waals surface area contributed by atoms with Gasteiger partial charge >= 0.3 is 0 Å². The first-order valence-corrected chi connectivity index (χ1v) is 13.0. The van der Waals surface area contributed by atoms with E-state index in [4.69, 9.17) is 0 Å². The minimum Gasteiger partial charge on any atom is -0.351 e. The Morgan fingerprint density at radius 1 is 0.972 bits per heavy atom. The van der Waals surface area contributed by atoms with Gasteiger partial charge in [-0.15, -0.1) is 0 Å². The molecule has 1 fully saturated rings. The summed E-state index contributed by atoms with van der Waals surface area (Å²) in [6.45, 7) is 0. The second-order valence-electron chi connectivity index (χ2n) is 9.42. The molecule has 5 rings (SSSR count). The van der Waals surface area contributed by atoms with Gasteiger partial charge in [0.05, 0.1) is 4.48 Å². The lowest BCUT2D eigenvalue weighted by Gasteiger charge is -2.42. The predicted octanol–water partition coefficient (Wildman–Crippen LogP) is 5.40. The highest BCUT2D eigenvalue weighted by Gasteiger charge is 2.54. The minimum absolute atomic E-state index is 0.0202. The van der Waals surface area contributed by atoms with Gasteiger partial charge in [0.15, 0.2) is 5.78 Å². The molecule has 1 unspecified atom stereocenters. The lowest BCUT2D eigenvalue weighted by molar-refractivity contribution is -0.139. The Kier molecular flexibility index (Phi) is 6.75. The molecule has 2 aliphatic carbocycles. The van der Waals surface area contributed by atoms with Gasteiger partial charge in [-0.1, -0.05) is 61.7 Å². The summed E-state index contributed by atoms with van der Waals surface area (Å²) in [4.78, 5) is 41.5. The van der Waals surface area contributed by atoms with Crippen molar-refractivity contribution in [1.29, 1.82) is 0 Å². The van der Waals surface area contributed by atoms with E-state index in [1.807, 2.05) is 30.3 Å². The first-order chi connectivity index (χ1) is 17.4. The van der Waals surface area contributed by atoms with Gasteiger partial charge in [0.2, 0.25) is 5.91 Å². The fourth-order valence-electron chi connectivity index (χ4n) is 5.42. The third-order valence-corrected chi connectivity index (χ3v) is 7.87. The van der Waals surface area contributed by atoms with Crippen LogP contribution in [0.4, 0.5) is 4.39 Å².